The van der Waals surface area contributed by atoms with Crippen LogP contribution < -0.4 is 5.56 Å². The lowest BCUT2D eigenvalue weighted by atomic mass is 9.69. The Morgan fingerprint density at radius 2 is 1.84 bits per heavy atom. The molecule has 1 N–H and O–H groups in total. The predicted octanol–water partition coefficient (Wildman–Crippen LogP) is 5.15. The third-order valence-electron chi connectivity index (χ3n) is 8.43. The van der Waals surface area contributed by atoms with Crippen LogP contribution in [0.5, 0.6) is 0 Å². The number of aryl methyl sites for hydroxylation is 1. The Balaban J connectivity index is 1.45. The van der Waals surface area contributed by atoms with Crippen molar-refractivity contribution in [2.75, 3.05) is 13.1 Å². The fourth-order valence-corrected chi connectivity index (χ4v) is 6.56. The van der Waals surface area contributed by atoms with E-state index >= 15 is 0 Å². The summed E-state index contributed by atoms with van der Waals surface area (Å²) < 4.78 is 15.3. The average Bonchev–Trinajstić information content (AvgIpc) is 3.35. The SMILES string of the molecule is Cc1cccc2cc([C@@H](c3nnnn3Cc3ccc(F)cc3)N3CCCC4(CCCCC4)C3)c(=O)[nH]c12. The summed E-state index contributed by atoms with van der Waals surface area (Å²) in [7, 11) is 0. The largest absolute Gasteiger partial charge is 0.321 e. The lowest BCUT2D eigenvalue weighted by Gasteiger charge is -2.47. The third kappa shape index (κ3) is 4.70. The Bertz CT molecular complexity index is 1450. The zero-order valence-corrected chi connectivity index (χ0v) is 21.3. The van der Waals surface area contributed by atoms with E-state index in [1.807, 2.05) is 31.2 Å². The fraction of sp³-hybridized carbons (Fsp3) is 0.448. The van der Waals surface area contributed by atoms with E-state index in [9.17, 15) is 9.18 Å². The molecule has 1 aliphatic heterocycles. The van der Waals surface area contributed by atoms with Gasteiger partial charge in [0.1, 0.15) is 11.9 Å². The Labute approximate surface area is 215 Å². The van der Waals surface area contributed by atoms with Gasteiger partial charge in [0.15, 0.2) is 5.82 Å². The van der Waals surface area contributed by atoms with Gasteiger partial charge in [0.25, 0.3) is 5.56 Å². The van der Waals surface area contributed by atoms with Crippen LogP contribution in [0.25, 0.3) is 10.9 Å². The van der Waals surface area contributed by atoms with Gasteiger partial charge >= 0.3 is 0 Å². The van der Waals surface area contributed by atoms with Gasteiger partial charge in [0.2, 0.25) is 0 Å². The Morgan fingerprint density at radius 3 is 2.65 bits per heavy atom. The number of aromatic amines is 1. The van der Waals surface area contributed by atoms with Crippen LogP contribution in [0, 0.1) is 18.2 Å². The van der Waals surface area contributed by atoms with Crippen molar-refractivity contribution in [1.82, 2.24) is 30.1 Å². The molecular weight excluding hydrogens is 467 g/mol. The number of H-pyrrole nitrogens is 1. The first-order valence-corrected chi connectivity index (χ1v) is 13.4. The molecule has 1 spiro atoms. The minimum Gasteiger partial charge on any atom is -0.321 e. The monoisotopic (exact) mass is 500 g/mol. The summed E-state index contributed by atoms with van der Waals surface area (Å²) in [4.78, 5) is 19.2. The smallest absolute Gasteiger partial charge is 0.253 e. The molecule has 1 atom stereocenters. The molecule has 0 bridgehead atoms. The van der Waals surface area contributed by atoms with Gasteiger partial charge in [-0.2, -0.15) is 0 Å². The highest BCUT2D eigenvalue weighted by Crippen LogP contribution is 2.45. The molecule has 1 saturated carbocycles. The number of likely N-dealkylation sites (tertiary alicyclic amines) is 1. The molecule has 6 rings (SSSR count). The molecule has 2 fully saturated rings. The van der Waals surface area contributed by atoms with E-state index in [1.165, 1.54) is 50.7 Å². The number of fused-ring (bicyclic) bond motifs is 1. The first-order valence-electron chi connectivity index (χ1n) is 13.4. The molecule has 8 heteroatoms. The van der Waals surface area contributed by atoms with E-state index in [4.69, 9.17) is 0 Å². The quantitative estimate of drug-likeness (QED) is 0.410. The number of piperidine rings is 1. The van der Waals surface area contributed by atoms with E-state index in [-0.39, 0.29) is 17.4 Å². The first-order chi connectivity index (χ1) is 18.0. The molecule has 1 aliphatic carbocycles. The van der Waals surface area contributed by atoms with Crippen molar-refractivity contribution in [1.29, 1.82) is 0 Å². The van der Waals surface area contributed by atoms with Crippen molar-refractivity contribution < 1.29 is 4.39 Å². The number of hydrogen-bond donors (Lipinski definition) is 1. The van der Waals surface area contributed by atoms with Gasteiger partial charge in [-0.15, -0.1) is 5.10 Å². The number of pyridine rings is 1. The molecule has 3 heterocycles. The van der Waals surface area contributed by atoms with E-state index in [0.29, 0.717) is 23.3 Å². The van der Waals surface area contributed by atoms with Crippen molar-refractivity contribution in [2.45, 2.75) is 64.5 Å². The van der Waals surface area contributed by atoms with Crippen LogP contribution >= 0.6 is 0 Å². The number of halogens is 1. The van der Waals surface area contributed by atoms with Gasteiger partial charge in [-0.3, -0.25) is 9.69 Å². The molecule has 2 aromatic carbocycles. The number of nitrogens with zero attached hydrogens (tertiary/aromatic N) is 5. The topological polar surface area (TPSA) is 79.7 Å². The van der Waals surface area contributed by atoms with Gasteiger partial charge in [-0.1, -0.05) is 49.6 Å². The van der Waals surface area contributed by atoms with Crippen LogP contribution in [-0.4, -0.2) is 43.2 Å². The van der Waals surface area contributed by atoms with Gasteiger partial charge < -0.3 is 4.98 Å². The first kappa shape index (κ1) is 24.0. The summed E-state index contributed by atoms with van der Waals surface area (Å²) in [6.45, 7) is 4.24. The molecule has 2 aliphatic rings. The summed E-state index contributed by atoms with van der Waals surface area (Å²) in [5, 5.41) is 13.8. The van der Waals surface area contributed by atoms with E-state index in [0.717, 1.165) is 41.5 Å². The van der Waals surface area contributed by atoms with Crippen molar-refractivity contribution in [2.24, 2.45) is 5.41 Å². The molecule has 0 amide bonds. The highest BCUT2D eigenvalue weighted by Gasteiger charge is 2.41. The van der Waals surface area contributed by atoms with Crippen molar-refractivity contribution in [3.8, 4) is 0 Å². The van der Waals surface area contributed by atoms with E-state index in [1.54, 1.807) is 16.8 Å². The van der Waals surface area contributed by atoms with Gasteiger partial charge in [-0.05, 0) is 89.7 Å². The van der Waals surface area contributed by atoms with Crippen molar-refractivity contribution in [3.63, 3.8) is 0 Å². The molecule has 7 nitrogen and oxygen atoms in total. The summed E-state index contributed by atoms with van der Waals surface area (Å²) >= 11 is 0. The lowest BCUT2D eigenvalue weighted by Crippen LogP contribution is -2.47. The standard InChI is InChI=1S/C29H33FN6O/c1-20-7-5-8-22-17-24(28(37)31-25(20)22)26(35-16-6-15-29(19-35)13-3-2-4-14-29)27-32-33-34-36(27)18-21-9-11-23(30)12-10-21/h5,7-12,17,26H,2-4,6,13-16,18-19H2,1H3,(H,31,37)/t26-/m0/s1. The summed E-state index contributed by atoms with van der Waals surface area (Å²) in [5.41, 5.74) is 3.66. The maximum absolute atomic E-state index is 13.6. The molecule has 0 unspecified atom stereocenters. The molecular formula is C29H33FN6O. The summed E-state index contributed by atoms with van der Waals surface area (Å²) in [6.07, 6.45) is 8.68. The second-order valence-corrected chi connectivity index (χ2v) is 11.0. The van der Waals surface area contributed by atoms with Gasteiger partial charge in [0, 0.05) is 12.1 Å². The fourth-order valence-electron chi connectivity index (χ4n) is 6.56. The van der Waals surface area contributed by atoms with Gasteiger partial charge in [-0.25, -0.2) is 9.07 Å². The number of benzene rings is 2. The zero-order valence-electron chi connectivity index (χ0n) is 21.3. The maximum Gasteiger partial charge on any atom is 0.253 e. The molecule has 2 aromatic heterocycles. The van der Waals surface area contributed by atoms with Crippen LogP contribution in [0.4, 0.5) is 4.39 Å². The van der Waals surface area contributed by atoms with E-state index < -0.39 is 0 Å². The summed E-state index contributed by atoms with van der Waals surface area (Å²) in [6, 6.07) is 14.1. The van der Waals surface area contributed by atoms with Crippen LogP contribution in [0.2, 0.25) is 0 Å². The zero-order chi connectivity index (χ0) is 25.4. The predicted molar refractivity (Wildman–Crippen MR) is 141 cm³/mol. The number of tetrazole rings is 1. The second-order valence-electron chi connectivity index (χ2n) is 11.0. The summed E-state index contributed by atoms with van der Waals surface area (Å²) in [5.74, 6) is 0.373. The normalized spacial score (nSPS) is 18.9. The van der Waals surface area contributed by atoms with Gasteiger partial charge in [0.05, 0.1) is 12.1 Å². The Morgan fingerprint density at radius 1 is 1.05 bits per heavy atom. The number of para-hydroxylation sites is 1. The average molecular weight is 501 g/mol. The number of rotatable bonds is 5. The third-order valence-corrected chi connectivity index (χ3v) is 8.43. The van der Waals surface area contributed by atoms with Crippen molar-refractivity contribution >= 4 is 10.9 Å². The minimum atomic E-state index is -0.372. The second kappa shape index (κ2) is 9.82. The highest BCUT2D eigenvalue weighted by molar-refractivity contribution is 5.82. The van der Waals surface area contributed by atoms with Crippen LogP contribution in [0.15, 0.2) is 53.3 Å². The Hall–Kier alpha value is -3.39. The maximum atomic E-state index is 13.6. The Kier molecular flexibility index (Phi) is 6.36. The molecule has 192 valence electrons. The van der Waals surface area contributed by atoms with Crippen LogP contribution in [0.1, 0.15) is 73.5 Å². The van der Waals surface area contributed by atoms with Crippen molar-refractivity contribution in [3.05, 3.63) is 87.2 Å². The molecule has 37 heavy (non-hydrogen) atoms. The molecule has 4 aromatic rings. The molecule has 0 radical (unpaired) electrons. The van der Waals surface area contributed by atoms with Crippen LogP contribution in [0.3, 0.4) is 0 Å². The number of aromatic nitrogens is 5. The van der Waals surface area contributed by atoms with E-state index in [2.05, 4.69) is 25.4 Å². The highest BCUT2D eigenvalue weighted by atomic mass is 19.1. The molecule has 1 saturated heterocycles. The van der Waals surface area contributed by atoms with Crippen LogP contribution in [-0.2, 0) is 6.54 Å². The number of nitrogens with one attached hydrogen (secondary N) is 1. The number of hydrogen-bond acceptors (Lipinski definition) is 5. The lowest BCUT2D eigenvalue weighted by molar-refractivity contribution is 0.0340. The minimum absolute atomic E-state index is 0.105.